The maximum atomic E-state index is 9.02. The Kier molecular flexibility index (Phi) is 4.07. The summed E-state index contributed by atoms with van der Waals surface area (Å²) < 4.78 is 0. The smallest absolute Gasteiger partial charge is 0.172 e. The molecule has 0 fully saturated rings. The molecule has 23 heavy (non-hydrogen) atoms. The Morgan fingerprint density at radius 1 is 1.04 bits per heavy atom. The van der Waals surface area contributed by atoms with E-state index >= 15 is 0 Å². The van der Waals surface area contributed by atoms with Gasteiger partial charge in [0.15, 0.2) is 5.84 Å². The molecule has 0 radical (unpaired) electrons. The van der Waals surface area contributed by atoms with Crippen LogP contribution < -0.4 is 5.73 Å². The van der Waals surface area contributed by atoms with Crippen molar-refractivity contribution in [3.63, 3.8) is 0 Å². The molecule has 2 N–H and O–H groups in total. The topological polar surface area (TPSA) is 87.4 Å². The largest absolute Gasteiger partial charge is 0.380 e. The zero-order valence-corrected chi connectivity index (χ0v) is 12.2. The number of nitrogens with two attached hydrogens (primary N) is 1. The summed E-state index contributed by atoms with van der Waals surface area (Å²) in [4.78, 5) is 4.45. The number of nitrogens with zero attached hydrogens (tertiary/aromatic N) is 4. The summed E-state index contributed by atoms with van der Waals surface area (Å²) >= 11 is 0. The number of amidine groups is 1. The zero-order chi connectivity index (χ0) is 16.1. The van der Waals surface area contributed by atoms with Crippen molar-refractivity contribution in [2.24, 2.45) is 15.9 Å². The summed E-state index contributed by atoms with van der Waals surface area (Å²) in [5.41, 5.74) is 8.57. The Balaban J connectivity index is 1.86. The van der Waals surface area contributed by atoms with Gasteiger partial charge in [0.2, 0.25) is 0 Å². The summed E-state index contributed by atoms with van der Waals surface area (Å²) in [5.74, 6) is 0.224. The minimum Gasteiger partial charge on any atom is -0.380 e. The molecule has 0 amide bonds. The molecule has 1 aromatic heterocycles. The lowest BCUT2D eigenvalue weighted by molar-refractivity contribution is 1.21. The Bertz CT molecular complexity index is 951. The van der Waals surface area contributed by atoms with Gasteiger partial charge in [-0.25, -0.2) is 4.98 Å². The van der Waals surface area contributed by atoms with Crippen molar-refractivity contribution in [1.82, 2.24) is 4.98 Å². The molecule has 2 aromatic carbocycles. The molecule has 3 rings (SSSR count). The van der Waals surface area contributed by atoms with Gasteiger partial charge in [-0.3, -0.25) is 0 Å². The van der Waals surface area contributed by atoms with Crippen molar-refractivity contribution in [2.75, 3.05) is 0 Å². The summed E-state index contributed by atoms with van der Waals surface area (Å²) in [6, 6.07) is 20.8. The van der Waals surface area contributed by atoms with Crippen molar-refractivity contribution in [2.45, 2.75) is 0 Å². The van der Waals surface area contributed by atoms with Crippen molar-refractivity contribution >= 4 is 23.0 Å². The van der Waals surface area contributed by atoms with Crippen molar-refractivity contribution < 1.29 is 0 Å². The van der Waals surface area contributed by atoms with Crippen LogP contribution in [0, 0.1) is 11.3 Å². The normalized spacial score (nSPS) is 11.7. The molecule has 0 saturated carbocycles. The van der Waals surface area contributed by atoms with Gasteiger partial charge >= 0.3 is 0 Å². The van der Waals surface area contributed by atoms with Crippen LogP contribution in [0.15, 0.2) is 70.9 Å². The SMILES string of the molecule is N#Cc1ccccc1/C=N/N=C(/N)c1ccc2ccccc2n1. The van der Waals surface area contributed by atoms with Gasteiger partial charge in [-0.1, -0.05) is 42.5 Å². The van der Waals surface area contributed by atoms with E-state index in [4.69, 9.17) is 11.0 Å². The van der Waals surface area contributed by atoms with E-state index in [9.17, 15) is 0 Å². The van der Waals surface area contributed by atoms with Gasteiger partial charge in [0, 0.05) is 10.9 Å². The van der Waals surface area contributed by atoms with Crippen LogP contribution in [-0.2, 0) is 0 Å². The van der Waals surface area contributed by atoms with Crippen LogP contribution >= 0.6 is 0 Å². The van der Waals surface area contributed by atoms with E-state index in [0.717, 1.165) is 10.9 Å². The lowest BCUT2D eigenvalue weighted by Crippen LogP contribution is -2.14. The molecule has 0 bridgehead atoms. The molecule has 5 heteroatoms. The fourth-order valence-electron chi connectivity index (χ4n) is 2.12. The first-order valence-electron chi connectivity index (χ1n) is 7.00. The van der Waals surface area contributed by atoms with E-state index in [1.807, 2.05) is 36.4 Å². The predicted octanol–water partition coefficient (Wildman–Crippen LogP) is 2.85. The van der Waals surface area contributed by atoms with Gasteiger partial charge in [-0.05, 0) is 18.2 Å². The third kappa shape index (κ3) is 3.22. The second kappa shape index (κ2) is 6.50. The molecule has 3 aromatic rings. The summed E-state index contributed by atoms with van der Waals surface area (Å²) in [5, 5.41) is 18.0. The first-order valence-corrected chi connectivity index (χ1v) is 7.00. The molecule has 0 aliphatic rings. The maximum absolute atomic E-state index is 9.02. The molecule has 1 heterocycles. The lowest BCUT2D eigenvalue weighted by atomic mass is 10.1. The second-order valence-electron chi connectivity index (χ2n) is 4.82. The van der Waals surface area contributed by atoms with Crippen LogP contribution in [-0.4, -0.2) is 17.0 Å². The van der Waals surface area contributed by atoms with Gasteiger partial charge in [0.1, 0.15) is 5.69 Å². The van der Waals surface area contributed by atoms with Crippen LogP contribution in [0.3, 0.4) is 0 Å². The van der Waals surface area contributed by atoms with E-state index in [1.54, 1.807) is 24.3 Å². The van der Waals surface area contributed by atoms with Gasteiger partial charge in [0.25, 0.3) is 0 Å². The van der Waals surface area contributed by atoms with E-state index in [-0.39, 0.29) is 5.84 Å². The maximum Gasteiger partial charge on any atom is 0.172 e. The number of hydrogen-bond donors (Lipinski definition) is 1. The lowest BCUT2D eigenvalue weighted by Gasteiger charge is -2.01. The van der Waals surface area contributed by atoms with Gasteiger partial charge in [-0.2, -0.15) is 10.4 Å². The average molecular weight is 299 g/mol. The highest BCUT2D eigenvalue weighted by atomic mass is 15.2. The molecule has 0 spiro atoms. The fourth-order valence-corrected chi connectivity index (χ4v) is 2.12. The van der Waals surface area contributed by atoms with E-state index in [1.165, 1.54) is 6.21 Å². The molecule has 5 nitrogen and oxygen atoms in total. The van der Waals surface area contributed by atoms with E-state index < -0.39 is 0 Å². The zero-order valence-electron chi connectivity index (χ0n) is 12.2. The van der Waals surface area contributed by atoms with Crippen LogP contribution in [0.1, 0.15) is 16.8 Å². The van der Waals surface area contributed by atoms with Crippen LogP contribution in [0.4, 0.5) is 0 Å². The highest BCUT2D eigenvalue weighted by molar-refractivity contribution is 5.98. The van der Waals surface area contributed by atoms with E-state index in [2.05, 4.69) is 21.3 Å². The summed E-state index contributed by atoms with van der Waals surface area (Å²) in [6.07, 6.45) is 1.51. The quantitative estimate of drug-likeness (QED) is 0.458. The number of fused-ring (bicyclic) bond motifs is 1. The Morgan fingerprint density at radius 3 is 2.70 bits per heavy atom. The summed E-state index contributed by atoms with van der Waals surface area (Å²) in [7, 11) is 0. The monoisotopic (exact) mass is 299 g/mol. The first kappa shape index (κ1) is 14.4. The number of nitriles is 1. The van der Waals surface area contributed by atoms with Gasteiger partial charge in [0.05, 0.1) is 23.4 Å². The minimum atomic E-state index is 0.224. The Hall–Kier alpha value is -3.52. The molecule has 110 valence electrons. The molecule has 0 unspecified atom stereocenters. The van der Waals surface area contributed by atoms with Crippen molar-refractivity contribution in [3.05, 3.63) is 77.5 Å². The average Bonchev–Trinajstić information content (AvgIpc) is 2.61. The highest BCUT2D eigenvalue weighted by Crippen LogP contribution is 2.11. The molecule has 0 atom stereocenters. The fraction of sp³-hybridized carbons (Fsp3) is 0. The first-order chi connectivity index (χ1) is 11.3. The van der Waals surface area contributed by atoms with E-state index in [0.29, 0.717) is 16.8 Å². The van der Waals surface area contributed by atoms with Crippen LogP contribution in [0.2, 0.25) is 0 Å². The third-order valence-corrected chi connectivity index (χ3v) is 3.30. The van der Waals surface area contributed by atoms with Crippen molar-refractivity contribution in [3.8, 4) is 6.07 Å². The number of hydrogen-bond acceptors (Lipinski definition) is 4. The van der Waals surface area contributed by atoms with Crippen LogP contribution in [0.5, 0.6) is 0 Å². The number of pyridine rings is 1. The minimum absolute atomic E-state index is 0.224. The Morgan fingerprint density at radius 2 is 1.83 bits per heavy atom. The molecular weight excluding hydrogens is 286 g/mol. The summed E-state index contributed by atoms with van der Waals surface area (Å²) in [6.45, 7) is 0. The predicted molar refractivity (Wildman–Crippen MR) is 91.2 cm³/mol. The highest BCUT2D eigenvalue weighted by Gasteiger charge is 2.02. The Labute approximate surface area is 133 Å². The number of aromatic nitrogens is 1. The molecular formula is C18H13N5. The third-order valence-electron chi connectivity index (χ3n) is 3.30. The number of benzene rings is 2. The van der Waals surface area contributed by atoms with Gasteiger partial charge < -0.3 is 5.73 Å². The number of para-hydroxylation sites is 1. The standard InChI is InChI=1S/C18H13N5/c19-11-14-6-1-2-7-15(14)12-21-23-18(20)17-10-9-13-5-3-4-8-16(13)22-17/h1-10,12H,(H2,20,23)/b21-12+. The molecule has 0 aliphatic carbocycles. The van der Waals surface area contributed by atoms with Gasteiger partial charge in [-0.15, -0.1) is 5.10 Å². The number of rotatable bonds is 3. The molecule has 0 saturated heterocycles. The second-order valence-corrected chi connectivity index (χ2v) is 4.82. The van der Waals surface area contributed by atoms with Crippen LogP contribution in [0.25, 0.3) is 10.9 Å². The molecule has 0 aliphatic heterocycles. The van der Waals surface area contributed by atoms with Crippen molar-refractivity contribution in [1.29, 1.82) is 5.26 Å².